The first kappa shape index (κ1) is 14.6. The molecule has 3 heteroatoms. The molecule has 1 saturated carbocycles. The number of fused-ring (bicyclic) bond motifs is 1. The number of hydrogen-bond donors (Lipinski definition) is 2. The third kappa shape index (κ3) is 3.65. The summed E-state index contributed by atoms with van der Waals surface area (Å²) < 4.78 is 0. The van der Waals surface area contributed by atoms with E-state index in [1.807, 2.05) is 0 Å². The van der Waals surface area contributed by atoms with E-state index in [-0.39, 0.29) is 5.91 Å². The Labute approximate surface area is 127 Å². The number of rotatable bonds is 4. The molecule has 1 unspecified atom stereocenters. The highest BCUT2D eigenvalue weighted by Gasteiger charge is 2.25. The number of amides is 1. The normalized spacial score (nSPS) is 28.1. The van der Waals surface area contributed by atoms with Crippen LogP contribution in [0, 0.1) is 0 Å². The third-order valence-corrected chi connectivity index (χ3v) is 5.04. The predicted octanol–water partition coefficient (Wildman–Crippen LogP) is 2.75. The standard InChI is InChI=1S/C18H26N2O/c1-13(21)20-17-10-8-16(9-11-17)19-12-15-7-6-14-4-2-3-5-18(14)15/h2-5,15-17,19H,6-12H2,1H3,(H,20,21). The van der Waals surface area contributed by atoms with Gasteiger partial charge in [0, 0.05) is 25.6 Å². The summed E-state index contributed by atoms with van der Waals surface area (Å²) in [4.78, 5) is 11.1. The number of carbonyl (C=O) groups excluding carboxylic acids is 1. The molecule has 21 heavy (non-hydrogen) atoms. The van der Waals surface area contributed by atoms with Gasteiger partial charge in [-0.3, -0.25) is 4.79 Å². The van der Waals surface area contributed by atoms with Gasteiger partial charge < -0.3 is 10.6 Å². The molecule has 0 aliphatic heterocycles. The smallest absolute Gasteiger partial charge is 0.217 e. The summed E-state index contributed by atoms with van der Waals surface area (Å²) in [7, 11) is 0. The molecule has 2 aliphatic carbocycles. The predicted molar refractivity (Wildman–Crippen MR) is 85.4 cm³/mol. The Hall–Kier alpha value is -1.35. The van der Waals surface area contributed by atoms with E-state index in [0.29, 0.717) is 18.0 Å². The van der Waals surface area contributed by atoms with Gasteiger partial charge in [0.15, 0.2) is 0 Å². The second-order valence-electron chi connectivity index (χ2n) is 6.59. The summed E-state index contributed by atoms with van der Waals surface area (Å²) in [5, 5.41) is 6.81. The molecule has 1 atom stereocenters. The van der Waals surface area contributed by atoms with Crippen molar-refractivity contribution < 1.29 is 4.79 Å². The van der Waals surface area contributed by atoms with Crippen molar-refractivity contribution >= 4 is 5.91 Å². The number of hydrogen-bond acceptors (Lipinski definition) is 2. The lowest BCUT2D eigenvalue weighted by Gasteiger charge is -2.30. The molecular weight excluding hydrogens is 260 g/mol. The maximum atomic E-state index is 11.1. The van der Waals surface area contributed by atoms with Crippen molar-refractivity contribution in [3.8, 4) is 0 Å². The van der Waals surface area contributed by atoms with Crippen LogP contribution < -0.4 is 10.6 Å². The van der Waals surface area contributed by atoms with Crippen LogP contribution in [0.15, 0.2) is 24.3 Å². The first-order valence-electron chi connectivity index (χ1n) is 8.30. The lowest BCUT2D eigenvalue weighted by Crippen LogP contribution is -2.42. The fourth-order valence-corrected chi connectivity index (χ4v) is 3.90. The molecule has 0 spiro atoms. The van der Waals surface area contributed by atoms with Gasteiger partial charge in [0.25, 0.3) is 0 Å². The second kappa shape index (κ2) is 6.61. The van der Waals surface area contributed by atoms with Crippen molar-refractivity contribution in [1.29, 1.82) is 0 Å². The minimum atomic E-state index is 0.106. The molecule has 2 N–H and O–H groups in total. The van der Waals surface area contributed by atoms with Gasteiger partial charge in [-0.2, -0.15) is 0 Å². The molecule has 0 bridgehead atoms. The summed E-state index contributed by atoms with van der Waals surface area (Å²) in [6, 6.07) is 9.90. The highest BCUT2D eigenvalue weighted by Crippen LogP contribution is 2.32. The first-order valence-corrected chi connectivity index (χ1v) is 8.30. The van der Waals surface area contributed by atoms with Crippen molar-refractivity contribution in [3.05, 3.63) is 35.4 Å². The largest absolute Gasteiger partial charge is 0.354 e. The van der Waals surface area contributed by atoms with Crippen LogP contribution in [0.5, 0.6) is 0 Å². The number of nitrogens with one attached hydrogen (secondary N) is 2. The maximum Gasteiger partial charge on any atom is 0.217 e. The van der Waals surface area contributed by atoms with Crippen molar-refractivity contribution in [1.82, 2.24) is 10.6 Å². The molecule has 0 saturated heterocycles. The van der Waals surface area contributed by atoms with Gasteiger partial charge in [0.2, 0.25) is 5.91 Å². The molecule has 114 valence electrons. The fourth-order valence-electron chi connectivity index (χ4n) is 3.90. The summed E-state index contributed by atoms with van der Waals surface area (Å²) >= 11 is 0. The Bertz CT molecular complexity index is 492. The highest BCUT2D eigenvalue weighted by molar-refractivity contribution is 5.73. The highest BCUT2D eigenvalue weighted by atomic mass is 16.1. The van der Waals surface area contributed by atoms with Crippen molar-refractivity contribution in [2.75, 3.05) is 6.54 Å². The summed E-state index contributed by atoms with van der Waals surface area (Å²) in [6.45, 7) is 2.72. The molecule has 0 heterocycles. The lowest BCUT2D eigenvalue weighted by molar-refractivity contribution is -0.119. The zero-order chi connectivity index (χ0) is 14.7. The molecule has 1 amide bonds. The van der Waals surface area contributed by atoms with Crippen LogP contribution in [-0.4, -0.2) is 24.5 Å². The van der Waals surface area contributed by atoms with E-state index in [1.54, 1.807) is 18.1 Å². The molecular formula is C18H26N2O. The van der Waals surface area contributed by atoms with Crippen LogP contribution in [0.1, 0.15) is 56.1 Å². The van der Waals surface area contributed by atoms with Crippen LogP contribution in [0.2, 0.25) is 0 Å². The van der Waals surface area contributed by atoms with Gasteiger partial charge in [-0.15, -0.1) is 0 Å². The molecule has 2 aliphatic rings. The average molecular weight is 286 g/mol. The Kier molecular flexibility index (Phi) is 4.59. The molecule has 3 nitrogen and oxygen atoms in total. The van der Waals surface area contributed by atoms with Gasteiger partial charge in [-0.25, -0.2) is 0 Å². The number of aryl methyl sites for hydroxylation is 1. The molecule has 0 aromatic heterocycles. The van der Waals surface area contributed by atoms with E-state index in [9.17, 15) is 4.79 Å². The van der Waals surface area contributed by atoms with Crippen molar-refractivity contribution in [2.24, 2.45) is 0 Å². The minimum absolute atomic E-state index is 0.106. The summed E-state index contributed by atoms with van der Waals surface area (Å²) in [5.74, 6) is 0.795. The molecule has 1 fully saturated rings. The summed E-state index contributed by atoms with van der Waals surface area (Å²) in [5.41, 5.74) is 3.09. The molecule has 0 radical (unpaired) electrons. The Morgan fingerprint density at radius 2 is 1.81 bits per heavy atom. The van der Waals surface area contributed by atoms with Gasteiger partial charge in [-0.05, 0) is 55.6 Å². The van der Waals surface area contributed by atoms with Crippen LogP contribution in [0.4, 0.5) is 0 Å². The Morgan fingerprint density at radius 1 is 1.10 bits per heavy atom. The minimum Gasteiger partial charge on any atom is -0.354 e. The number of benzene rings is 1. The van der Waals surface area contributed by atoms with Crippen molar-refractivity contribution in [2.45, 2.75) is 63.5 Å². The van der Waals surface area contributed by atoms with E-state index in [2.05, 4.69) is 34.9 Å². The average Bonchev–Trinajstić information content (AvgIpc) is 2.89. The topological polar surface area (TPSA) is 41.1 Å². The zero-order valence-corrected chi connectivity index (χ0v) is 12.9. The van der Waals surface area contributed by atoms with Gasteiger partial charge >= 0.3 is 0 Å². The lowest BCUT2D eigenvalue weighted by atomic mass is 9.90. The van der Waals surface area contributed by atoms with E-state index in [0.717, 1.165) is 19.4 Å². The van der Waals surface area contributed by atoms with E-state index < -0.39 is 0 Å². The van der Waals surface area contributed by atoms with Gasteiger partial charge in [0.05, 0.1) is 0 Å². The van der Waals surface area contributed by atoms with Crippen LogP contribution in [-0.2, 0) is 11.2 Å². The van der Waals surface area contributed by atoms with E-state index >= 15 is 0 Å². The van der Waals surface area contributed by atoms with Crippen LogP contribution >= 0.6 is 0 Å². The van der Waals surface area contributed by atoms with Crippen LogP contribution in [0.3, 0.4) is 0 Å². The van der Waals surface area contributed by atoms with Crippen LogP contribution in [0.25, 0.3) is 0 Å². The summed E-state index contributed by atoms with van der Waals surface area (Å²) in [6.07, 6.45) is 7.10. The first-order chi connectivity index (χ1) is 10.2. The molecule has 1 aromatic carbocycles. The zero-order valence-electron chi connectivity index (χ0n) is 12.9. The Morgan fingerprint density at radius 3 is 2.57 bits per heavy atom. The van der Waals surface area contributed by atoms with E-state index in [4.69, 9.17) is 0 Å². The van der Waals surface area contributed by atoms with Gasteiger partial charge in [0.1, 0.15) is 0 Å². The Balaban J connectivity index is 1.44. The monoisotopic (exact) mass is 286 g/mol. The molecule has 3 rings (SSSR count). The maximum absolute atomic E-state index is 11.1. The van der Waals surface area contributed by atoms with Crippen molar-refractivity contribution in [3.63, 3.8) is 0 Å². The fraction of sp³-hybridized carbons (Fsp3) is 0.611. The van der Waals surface area contributed by atoms with Gasteiger partial charge in [-0.1, -0.05) is 24.3 Å². The van der Waals surface area contributed by atoms with E-state index in [1.165, 1.54) is 25.7 Å². The molecule has 1 aromatic rings. The SMILES string of the molecule is CC(=O)NC1CCC(NCC2CCc3ccccc32)CC1. The third-order valence-electron chi connectivity index (χ3n) is 5.04. The number of carbonyl (C=O) groups is 1. The quantitative estimate of drug-likeness (QED) is 0.893. The second-order valence-corrected chi connectivity index (χ2v) is 6.59.